The monoisotopic (exact) mass is 392 g/mol. The number of anilines is 1. The smallest absolute Gasteiger partial charge is 0.311 e. The molecule has 0 amide bonds. The van der Waals surface area contributed by atoms with Crippen molar-refractivity contribution in [3.8, 4) is 6.07 Å². The number of nitrogens with zero attached hydrogens (tertiary/aromatic N) is 3. The molecule has 1 N–H and O–H groups in total. The highest BCUT2D eigenvalue weighted by Crippen LogP contribution is 2.18. The van der Waals surface area contributed by atoms with E-state index in [9.17, 15) is 4.79 Å². The molecule has 0 bridgehead atoms. The van der Waals surface area contributed by atoms with E-state index < -0.39 is 0 Å². The molecule has 0 radical (unpaired) electrons. The first-order chi connectivity index (χ1) is 11.1. The van der Waals surface area contributed by atoms with E-state index in [2.05, 4.69) is 37.5 Å². The Hall–Kier alpha value is -2.24. The van der Waals surface area contributed by atoms with E-state index in [1.807, 2.05) is 0 Å². The van der Waals surface area contributed by atoms with Gasteiger partial charge < -0.3 is 4.74 Å². The number of hydrogen-bond donors (Lipinski definition) is 1. The number of esters is 1. The van der Waals surface area contributed by atoms with E-state index in [4.69, 9.17) is 10.00 Å². The summed E-state index contributed by atoms with van der Waals surface area (Å²) in [6, 6.07) is 7.39. The number of benzene rings is 1. The molecule has 0 spiro atoms. The SMILES string of the molecule is CCOC(=O)Cc1csc(NN=Cc2ccc(C#N)c(Br)c2)n1. The minimum atomic E-state index is -0.296. The Labute approximate surface area is 145 Å². The molecule has 0 aliphatic carbocycles. The second kappa shape index (κ2) is 8.41. The molecular weight excluding hydrogens is 380 g/mol. The summed E-state index contributed by atoms with van der Waals surface area (Å²) in [6.07, 6.45) is 1.77. The molecule has 0 saturated carbocycles. The molecule has 8 heteroatoms. The van der Waals surface area contributed by atoms with Gasteiger partial charge in [-0.1, -0.05) is 6.07 Å². The van der Waals surface area contributed by atoms with Crippen LogP contribution < -0.4 is 5.43 Å². The van der Waals surface area contributed by atoms with Gasteiger partial charge in [0.05, 0.1) is 30.5 Å². The quantitative estimate of drug-likeness (QED) is 0.462. The van der Waals surface area contributed by atoms with Crippen molar-refractivity contribution in [2.24, 2.45) is 5.10 Å². The number of carbonyl (C=O) groups is 1. The number of rotatable bonds is 6. The van der Waals surface area contributed by atoms with Crippen LogP contribution in [0.15, 0.2) is 33.2 Å². The number of halogens is 1. The molecule has 6 nitrogen and oxygen atoms in total. The molecule has 1 aromatic carbocycles. The lowest BCUT2D eigenvalue weighted by molar-refractivity contribution is -0.142. The second-order valence-corrected chi connectivity index (χ2v) is 6.06. The lowest BCUT2D eigenvalue weighted by Gasteiger charge is -1.98. The van der Waals surface area contributed by atoms with Gasteiger partial charge in [-0.05, 0) is 40.5 Å². The number of carbonyl (C=O) groups excluding carboxylic acids is 1. The predicted molar refractivity (Wildman–Crippen MR) is 92.5 cm³/mol. The van der Waals surface area contributed by atoms with Crippen molar-refractivity contribution in [1.82, 2.24) is 4.98 Å². The van der Waals surface area contributed by atoms with Crippen molar-refractivity contribution >= 4 is 44.6 Å². The number of nitriles is 1. The number of aromatic nitrogens is 1. The van der Waals surface area contributed by atoms with E-state index in [1.54, 1.807) is 36.7 Å². The number of nitrogens with one attached hydrogen (secondary N) is 1. The molecule has 0 aliphatic heterocycles. The van der Waals surface area contributed by atoms with Crippen molar-refractivity contribution in [2.45, 2.75) is 13.3 Å². The maximum atomic E-state index is 11.4. The number of thiazole rings is 1. The molecular formula is C15H13BrN4O2S. The molecule has 2 aromatic rings. The zero-order valence-corrected chi connectivity index (χ0v) is 14.6. The third-order valence-electron chi connectivity index (χ3n) is 2.67. The first-order valence-corrected chi connectivity index (χ1v) is 8.38. The van der Waals surface area contributed by atoms with Gasteiger partial charge in [0.1, 0.15) is 6.07 Å². The molecule has 23 heavy (non-hydrogen) atoms. The van der Waals surface area contributed by atoms with Crippen molar-refractivity contribution < 1.29 is 9.53 Å². The van der Waals surface area contributed by atoms with E-state index >= 15 is 0 Å². The Morgan fingerprint density at radius 3 is 3.13 bits per heavy atom. The van der Waals surface area contributed by atoms with E-state index in [-0.39, 0.29) is 12.4 Å². The van der Waals surface area contributed by atoms with Crippen molar-refractivity contribution in [1.29, 1.82) is 5.26 Å². The molecule has 0 atom stereocenters. The van der Waals surface area contributed by atoms with Crippen LogP contribution in [0.25, 0.3) is 0 Å². The summed E-state index contributed by atoms with van der Waals surface area (Å²) in [4.78, 5) is 15.6. The zero-order valence-electron chi connectivity index (χ0n) is 12.2. The molecule has 0 fully saturated rings. The van der Waals surface area contributed by atoms with Gasteiger partial charge in [0.2, 0.25) is 5.13 Å². The van der Waals surface area contributed by atoms with E-state index in [0.717, 1.165) is 10.0 Å². The summed E-state index contributed by atoms with van der Waals surface area (Å²) in [6.45, 7) is 2.13. The lowest BCUT2D eigenvalue weighted by atomic mass is 10.2. The Morgan fingerprint density at radius 2 is 2.43 bits per heavy atom. The van der Waals surface area contributed by atoms with Crippen LogP contribution in [0.5, 0.6) is 0 Å². The van der Waals surface area contributed by atoms with Crippen LogP contribution in [0.1, 0.15) is 23.7 Å². The Bertz CT molecular complexity index is 767. The third kappa shape index (κ3) is 5.16. The topological polar surface area (TPSA) is 87.4 Å². The van der Waals surface area contributed by atoms with Crippen molar-refractivity contribution in [3.05, 3.63) is 44.9 Å². The summed E-state index contributed by atoms with van der Waals surface area (Å²) in [5.74, 6) is -0.296. The minimum Gasteiger partial charge on any atom is -0.466 e. The molecule has 0 aliphatic rings. The van der Waals surface area contributed by atoms with Crippen LogP contribution in [0, 0.1) is 11.3 Å². The van der Waals surface area contributed by atoms with Crippen LogP contribution >= 0.6 is 27.3 Å². The highest BCUT2D eigenvalue weighted by atomic mass is 79.9. The first-order valence-electron chi connectivity index (χ1n) is 6.71. The fourth-order valence-electron chi connectivity index (χ4n) is 1.66. The summed E-state index contributed by atoms with van der Waals surface area (Å²) >= 11 is 4.68. The molecule has 0 saturated heterocycles. The highest BCUT2D eigenvalue weighted by molar-refractivity contribution is 9.10. The number of hydrogen-bond acceptors (Lipinski definition) is 7. The van der Waals surface area contributed by atoms with Crippen LogP contribution in [0.4, 0.5) is 5.13 Å². The normalized spacial score (nSPS) is 10.5. The van der Waals surface area contributed by atoms with Gasteiger partial charge in [-0.25, -0.2) is 4.98 Å². The summed E-state index contributed by atoms with van der Waals surface area (Å²) in [5, 5.41) is 15.3. The third-order valence-corrected chi connectivity index (χ3v) is 4.12. The summed E-state index contributed by atoms with van der Waals surface area (Å²) in [5.41, 5.74) is 4.86. The maximum absolute atomic E-state index is 11.4. The largest absolute Gasteiger partial charge is 0.466 e. The lowest BCUT2D eigenvalue weighted by Crippen LogP contribution is -2.07. The van der Waals surface area contributed by atoms with Crippen molar-refractivity contribution in [2.75, 3.05) is 12.0 Å². The van der Waals surface area contributed by atoms with Crippen LogP contribution in [0.2, 0.25) is 0 Å². The summed E-state index contributed by atoms with van der Waals surface area (Å²) in [7, 11) is 0. The zero-order chi connectivity index (χ0) is 16.7. The minimum absolute atomic E-state index is 0.151. The molecule has 118 valence electrons. The fraction of sp³-hybridized carbons (Fsp3) is 0.200. The fourth-order valence-corrected chi connectivity index (χ4v) is 2.81. The van der Waals surface area contributed by atoms with E-state index in [0.29, 0.717) is 23.0 Å². The standard InChI is InChI=1S/C15H13BrN4O2S/c1-2-22-14(21)6-12-9-23-15(19-12)20-18-8-10-3-4-11(7-17)13(16)5-10/h3-5,8-9H,2,6H2,1H3,(H,19,20). The van der Waals surface area contributed by atoms with Crippen LogP contribution in [-0.4, -0.2) is 23.8 Å². The Kier molecular flexibility index (Phi) is 6.26. The van der Waals surface area contributed by atoms with Gasteiger partial charge in [-0.15, -0.1) is 11.3 Å². The second-order valence-electron chi connectivity index (χ2n) is 4.35. The Morgan fingerprint density at radius 1 is 1.61 bits per heavy atom. The number of ether oxygens (including phenoxy) is 1. The van der Waals surface area contributed by atoms with Gasteiger partial charge in [0.15, 0.2) is 0 Å². The Balaban J connectivity index is 1.93. The van der Waals surface area contributed by atoms with Crippen LogP contribution in [-0.2, 0) is 16.0 Å². The molecule has 0 unspecified atom stereocenters. The average molecular weight is 393 g/mol. The van der Waals surface area contributed by atoms with Gasteiger partial charge in [-0.3, -0.25) is 10.2 Å². The van der Waals surface area contributed by atoms with Gasteiger partial charge in [0.25, 0.3) is 0 Å². The average Bonchev–Trinajstić information content (AvgIpc) is 2.95. The van der Waals surface area contributed by atoms with Crippen LogP contribution in [0.3, 0.4) is 0 Å². The van der Waals surface area contributed by atoms with E-state index in [1.165, 1.54) is 11.3 Å². The molecule has 1 aromatic heterocycles. The maximum Gasteiger partial charge on any atom is 0.311 e. The van der Waals surface area contributed by atoms with Gasteiger partial charge in [0, 0.05) is 9.85 Å². The highest BCUT2D eigenvalue weighted by Gasteiger charge is 2.07. The van der Waals surface area contributed by atoms with Gasteiger partial charge >= 0.3 is 5.97 Å². The predicted octanol–water partition coefficient (Wildman–Crippen LogP) is 3.33. The first kappa shape index (κ1) is 17.1. The molecule has 2 rings (SSSR count). The van der Waals surface area contributed by atoms with Crippen molar-refractivity contribution in [3.63, 3.8) is 0 Å². The molecule has 1 heterocycles. The van der Waals surface area contributed by atoms with Gasteiger partial charge in [-0.2, -0.15) is 10.4 Å². The summed E-state index contributed by atoms with van der Waals surface area (Å²) < 4.78 is 5.59. The number of hydrazone groups is 1.